The van der Waals surface area contributed by atoms with Crippen molar-refractivity contribution in [3.05, 3.63) is 217 Å². The molecule has 8 aromatic rings. The summed E-state index contributed by atoms with van der Waals surface area (Å²) in [5, 5.41) is 35.4. The fourth-order valence-corrected chi connectivity index (χ4v) is 7.55. The zero-order valence-corrected chi connectivity index (χ0v) is 44.9. The van der Waals surface area contributed by atoms with Crippen molar-refractivity contribution in [2.24, 2.45) is 0 Å². The van der Waals surface area contributed by atoms with Gasteiger partial charge in [-0.25, -0.2) is 0 Å². The van der Waals surface area contributed by atoms with Crippen LogP contribution < -0.4 is 11.1 Å². The van der Waals surface area contributed by atoms with Crippen LogP contribution in [0.1, 0.15) is 40.6 Å². The third-order valence-corrected chi connectivity index (χ3v) is 10.6. The number of pyridine rings is 2. The number of aliphatic hydroxyl groups excluding tert-OH is 1. The molecule has 14 nitrogen and oxygen atoms in total. The molecule has 4 N–H and O–H groups in total. The zero-order chi connectivity index (χ0) is 53.2. The maximum absolute atomic E-state index is 10.4. The molecule has 16 heteroatoms. The number of rotatable bonds is 11. The van der Waals surface area contributed by atoms with Crippen molar-refractivity contribution >= 4 is 77.8 Å². The highest BCUT2D eigenvalue weighted by molar-refractivity contribution is 9.08. The van der Waals surface area contributed by atoms with Crippen molar-refractivity contribution in [2.75, 3.05) is 59.9 Å². The van der Waals surface area contributed by atoms with E-state index < -0.39 is 4.92 Å². The topological polar surface area (TPSA) is 180 Å². The lowest BCUT2D eigenvalue weighted by molar-refractivity contribution is -0.385. The molecular weight excluding hydrogens is 994 g/mol. The number of hydrogen-bond acceptors (Lipinski definition) is 12. The van der Waals surface area contributed by atoms with Gasteiger partial charge in [0.05, 0.1) is 25.9 Å². The number of benzene rings is 6. The summed E-state index contributed by atoms with van der Waals surface area (Å²) in [6.45, 7) is 8.51. The standard InChI is InChI=1S/C19H21N3.C10H8ClN.C9H12N2O2.C9H14N2.C7H6BrNO2.C2H6O/c1-14-11-19(17-9-4-5-10-18(17)20-14)21-16-8-6-7-15(12-16)13-22(2)3;1-7-6-9(11)8-4-2-3-5-10(8)12-7;1-10(2)7-8-4-3-5-9(6-8)11(12)13;1-11(2)7-8-4-3-5-9(10)6-8;8-5-6-2-1-3-7(4-6)9(10)11;1-2-3/h4-12H,13H2,1-3H3,(H,20,21);2-6H,1H3;3-6H,7H2,1-2H3;3-6H,7,10H2,1-2H3;1-4H,5H2;3H,2H2,1H3. The van der Waals surface area contributed by atoms with Gasteiger partial charge in [-0.2, -0.15) is 0 Å². The van der Waals surface area contributed by atoms with Gasteiger partial charge in [0.1, 0.15) is 0 Å². The van der Waals surface area contributed by atoms with Crippen molar-refractivity contribution in [3.8, 4) is 0 Å². The highest BCUT2D eigenvalue weighted by Gasteiger charge is 2.08. The van der Waals surface area contributed by atoms with Gasteiger partial charge in [-0.05, 0) is 134 Å². The van der Waals surface area contributed by atoms with Crippen LogP contribution in [0.4, 0.5) is 28.4 Å². The predicted octanol–water partition coefficient (Wildman–Crippen LogP) is 13.0. The molecule has 0 spiro atoms. The predicted molar refractivity (Wildman–Crippen MR) is 302 cm³/mol. The number of non-ortho nitro benzene ring substituents is 2. The molecule has 2 heterocycles. The Morgan fingerprint density at radius 3 is 1.50 bits per heavy atom. The van der Waals surface area contributed by atoms with Crippen molar-refractivity contribution in [1.82, 2.24) is 24.7 Å². The van der Waals surface area contributed by atoms with Crippen LogP contribution in [0.25, 0.3) is 21.8 Å². The summed E-state index contributed by atoms with van der Waals surface area (Å²) in [5.74, 6) is 0. The lowest BCUT2D eigenvalue weighted by atomic mass is 10.1. The number of nitro groups is 2. The minimum Gasteiger partial charge on any atom is -0.399 e. The Balaban J connectivity index is 0.000000242. The van der Waals surface area contributed by atoms with Crippen molar-refractivity contribution in [3.63, 3.8) is 0 Å². The van der Waals surface area contributed by atoms with E-state index in [0.29, 0.717) is 5.33 Å². The van der Waals surface area contributed by atoms with Gasteiger partial charge in [-0.1, -0.05) is 112 Å². The van der Waals surface area contributed by atoms with E-state index in [-0.39, 0.29) is 22.9 Å². The molecule has 0 radical (unpaired) electrons. The third kappa shape index (κ3) is 22.1. The highest BCUT2D eigenvalue weighted by atomic mass is 79.9. The second-order valence-electron chi connectivity index (χ2n) is 17.2. The molecule has 2 aromatic heterocycles. The number of anilines is 3. The molecule has 0 saturated heterocycles. The normalized spacial score (nSPS) is 10.3. The van der Waals surface area contributed by atoms with E-state index in [1.54, 1.807) is 31.2 Å². The molecule has 0 fully saturated rings. The first-order chi connectivity index (χ1) is 34.3. The molecule has 0 atom stereocenters. The highest BCUT2D eigenvalue weighted by Crippen LogP contribution is 2.27. The van der Waals surface area contributed by atoms with Gasteiger partial charge in [0.25, 0.3) is 11.4 Å². The number of alkyl halides is 1. The molecule has 0 aliphatic heterocycles. The van der Waals surface area contributed by atoms with Crippen molar-refractivity contribution < 1.29 is 15.0 Å². The van der Waals surface area contributed by atoms with E-state index in [9.17, 15) is 20.2 Å². The lowest BCUT2D eigenvalue weighted by Crippen LogP contribution is -2.10. The largest absolute Gasteiger partial charge is 0.399 e. The third-order valence-electron chi connectivity index (χ3n) is 9.69. The van der Waals surface area contributed by atoms with Crippen molar-refractivity contribution in [1.29, 1.82) is 0 Å². The zero-order valence-electron chi connectivity index (χ0n) is 42.6. The number of aryl methyl sites for hydroxylation is 2. The van der Waals surface area contributed by atoms with Gasteiger partial charge in [-0.15, -0.1) is 0 Å². The molecule has 72 heavy (non-hydrogen) atoms. The maximum atomic E-state index is 10.4. The van der Waals surface area contributed by atoms with E-state index in [4.69, 9.17) is 22.4 Å². The van der Waals surface area contributed by atoms with Gasteiger partial charge >= 0.3 is 0 Å². The lowest BCUT2D eigenvalue weighted by Gasteiger charge is -2.13. The average molecular weight is 1060 g/mol. The van der Waals surface area contributed by atoms with Crippen LogP contribution in [0.5, 0.6) is 0 Å². The summed E-state index contributed by atoms with van der Waals surface area (Å²) < 4.78 is 0. The molecule has 0 bridgehead atoms. The van der Waals surface area contributed by atoms with E-state index >= 15 is 0 Å². The fraction of sp³-hybridized carbons (Fsp3) is 0.250. The van der Waals surface area contributed by atoms with Gasteiger partial charge in [-0.3, -0.25) is 30.2 Å². The number of nitro benzene ring substituents is 2. The van der Waals surface area contributed by atoms with E-state index in [1.807, 2.05) is 120 Å². The second kappa shape index (κ2) is 31.5. The number of nitrogens with two attached hydrogens (primary N) is 1. The number of nitrogens with one attached hydrogen (secondary N) is 1. The summed E-state index contributed by atoms with van der Waals surface area (Å²) in [6.07, 6.45) is 0. The first kappa shape index (κ1) is 59.5. The number of nitrogen functional groups attached to an aromatic ring is 1. The monoisotopic (exact) mass is 1060 g/mol. The second-order valence-corrected chi connectivity index (χ2v) is 18.1. The molecule has 0 saturated carbocycles. The van der Waals surface area contributed by atoms with Gasteiger partial charge in [0.15, 0.2) is 0 Å². The molecule has 380 valence electrons. The number of halogens is 2. The van der Waals surface area contributed by atoms with Crippen LogP contribution in [-0.2, 0) is 25.0 Å². The first-order valence-corrected chi connectivity index (χ1v) is 24.5. The van der Waals surface area contributed by atoms with E-state index in [2.05, 4.69) is 104 Å². The average Bonchev–Trinajstić information content (AvgIpc) is 3.32. The Hall–Kier alpha value is -6.85. The van der Waals surface area contributed by atoms with Crippen LogP contribution in [-0.4, -0.2) is 88.5 Å². The number of aliphatic hydroxyl groups is 1. The molecule has 0 aliphatic rings. The summed E-state index contributed by atoms with van der Waals surface area (Å²) >= 11 is 9.24. The Morgan fingerprint density at radius 2 is 1.00 bits per heavy atom. The van der Waals surface area contributed by atoms with Crippen LogP contribution in [0.2, 0.25) is 5.02 Å². The fourth-order valence-electron chi connectivity index (χ4n) is 6.88. The smallest absolute Gasteiger partial charge is 0.269 e. The molecular formula is C56H67BrClN9O5. The van der Waals surface area contributed by atoms with Crippen LogP contribution in [0.3, 0.4) is 0 Å². The number of nitrogens with zero attached hydrogens (tertiary/aromatic N) is 7. The quantitative estimate of drug-likeness (QED) is 0.0484. The van der Waals surface area contributed by atoms with Gasteiger partial charge in [0.2, 0.25) is 0 Å². The number of hydrogen-bond donors (Lipinski definition) is 3. The molecule has 0 unspecified atom stereocenters. The minimum atomic E-state index is -0.397. The van der Waals surface area contributed by atoms with Crippen LogP contribution in [0.15, 0.2) is 158 Å². The van der Waals surface area contributed by atoms with E-state index in [1.165, 1.54) is 23.3 Å². The maximum Gasteiger partial charge on any atom is 0.269 e. The van der Waals surface area contributed by atoms with Gasteiger partial charge < -0.3 is 30.9 Å². The minimum absolute atomic E-state index is 0.141. The first-order valence-electron chi connectivity index (χ1n) is 23.0. The SMILES string of the molecule is CCO.CN(C)Cc1cccc(N)c1.CN(C)Cc1cccc([N+](=O)[O-])c1.Cc1cc(Cl)c2ccccc2n1.Cc1cc(Nc2cccc(CN(C)C)c2)c2ccccc2n1.O=[N+]([O-])c1cccc(CBr)c1. The Kier molecular flexibility index (Phi) is 26.0. The van der Waals surface area contributed by atoms with Crippen LogP contribution >= 0.6 is 27.5 Å². The van der Waals surface area contributed by atoms with E-state index in [0.717, 1.165) is 86.0 Å². The summed E-state index contributed by atoms with van der Waals surface area (Å²) in [6, 6.07) is 49.8. The summed E-state index contributed by atoms with van der Waals surface area (Å²) in [7, 11) is 12.1. The molecule has 6 aromatic carbocycles. The van der Waals surface area contributed by atoms with Gasteiger partial charge in [0, 0.05) is 95.1 Å². The molecule has 0 aliphatic carbocycles. The van der Waals surface area contributed by atoms with Crippen LogP contribution in [0, 0.1) is 34.1 Å². The Morgan fingerprint density at radius 1 is 0.583 bits per heavy atom. The number of fused-ring (bicyclic) bond motifs is 2. The Labute approximate surface area is 437 Å². The number of aromatic nitrogens is 2. The summed E-state index contributed by atoms with van der Waals surface area (Å²) in [4.78, 5) is 35.1. The molecule has 0 amide bonds. The molecule has 8 rings (SSSR count). The number of para-hydroxylation sites is 2. The Bertz CT molecular complexity index is 2940. The summed E-state index contributed by atoms with van der Waals surface area (Å²) in [5.41, 5.74) is 17.3. The van der Waals surface area contributed by atoms with Crippen molar-refractivity contribution in [2.45, 2.75) is 45.7 Å².